The minimum Gasteiger partial charge on any atom is -0.508 e. The average molecular weight is 319 g/mol. The van der Waals surface area contributed by atoms with E-state index in [0.717, 1.165) is 30.5 Å². The van der Waals surface area contributed by atoms with Gasteiger partial charge in [0.1, 0.15) is 5.75 Å². The van der Waals surface area contributed by atoms with E-state index in [4.69, 9.17) is 9.47 Å². The molecule has 126 valence electrons. The lowest BCUT2D eigenvalue weighted by Gasteiger charge is -2.45. The van der Waals surface area contributed by atoms with Crippen LogP contribution in [0.5, 0.6) is 5.75 Å². The summed E-state index contributed by atoms with van der Waals surface area (Å²) in [6.45, 7) is 7.35. The third-order valence-corrected chi connectivity index (χ3v) is 4.30. The van der Waals surface area contributed by atoms with Crippen LogP contribution in [0.25, 0.3) is 0 Å². The van der Waals surface area contributed by atoms with Crippen LogP contribution in [0, 0.1) is 0 Å². The van der Waals surface area contributed by atoms with Gasteiger partial charge in [-0.1, -0.05) is 19.1 Å². The number of aromatic hydroxyl groups is 1. The van der Waals surface area contributed by atoms with Crippen LogP contribution in [0.4, 0.5) is 4.79 Å². The van der Waals surface area contributed by atoms with Crippen LogP contribution < -0.4 is 0 Å². The second-order valence-corrected chi connectivity index (χ2v) is 5.87. The molecule has 2 rings (SSSR count). The first-order valence-corrected chi connectivity index (χ1v) is 7.98. The Balaban J connectivity index is 2.36. The zero-order valence-electron chi connectivity index (χ0n) is 13.9. The number of methoxy groups -OCH3 is 1. The van der Waals surface area contributed by atoms with Crippen LogP contribution >= 0.6 is 0 Å². The fourth-order valence-electron chi connectivity index (χ4n) is 3.24. The topological polar surface area (TPSA) is 59.0 Å². The number of phenols is 1. The predicted molar refractivity (Wildman–Crippen MR) is 88.4 cm³/mol. The number of aryl methyl sites for hydroxylation is 1. The maximum Gasteiger partial charge on any atom is 0.509 e. The molecule has 5 heteroatoms. The van der Waals surface area contributed by atoms with E-state index in [0.29, 0.717) is 19.4 Å². The Morgan fingerprint density at radius 2 is 2.26 bits per heavy atom. The minimum absolute atomic E-state index is 0.265. The molecule has 0 bridgehead atoms. The summed E-state index contributed by atoms with van der Waals surface area (Å²) in [6, 6.07) is 5.36. The van der Waals surface area contributed by atoms with Gasteiger partial charge in [0.2, 0.25) is 0 Å². The van der Waals surface area contributed by atoms with Crippen molar-refractivity contribution in [1.82, 2.24) is 4.90 Å². The molecule has 0 radical (unpaired) electrons. The molecule has 1 aromatic rings. The van der Waals surface area contributed by atoms with E-state index in [-0.39, 0.29) is 5.75 Å². The minimum atomic E-state index is -0.735. The SMILES string of the molecule is C=CCN(CCC)C1(OC(=O)OC)CCc2cc(O)ccc2C1. The van der Waals surface area contributed by atoms with Gasteiger partial charge in [0.15, 0.2) is 5.72 Å². The van der Waals surface area contributed by atoms with Crippen molar-refractivity contribution in [2.24, 2.45) is 0 Å². The van der Waals surface area contributed by atoms with E-state index < -0.39 is 11.9 Å². The second-order valence-electron chi connectivity index (χ2n) is 5.87. The van der Waals surface area contributed by atoms with E-state index >= 15 is 0 Å². The van der Waals surface area contributed by atoms with E-state index in [1.54, 1.807) is 12.1 Å². The van der Waals surface area contributed by atoms with Crippen molar-refractivity contribution >= 4 is 6.16 Å². The van der Waals surface area contributed by atoms with Crippen LogP contribution in [0.1, 0.15) is 30.9 Å². The molecule has 1 aliphatic carbocycles. The molecule has 1 unspecified atom stereocenters. The summed E-state index contributed by atoms with van der Waals surface area (Å²) < 4.78 is 10.5. The number of rotatable bonds is 6. The van der Waals surface area contributed by atoms with Gasteiger partial charge in [-0.15, -0.1) is 6.58 Å². The Bertz CT molecular complexity index is 572. The number of phenolic OH excluding ortho intramolecular Hbond substituents is 1. The van der Waals surface area contributed by atoms with Crippen LogP contribution in [0.15, 0.2) is 30.9 Å². The summed E-state index contributed by atoms with van der Waals surface area (Å²) in [5, 5.41) is 9.65. The Labute approximate surface area is 137 Å². The van der Waals surface area contributed by atoms with Gasteiger partial charge in [-0.3, -0.25) is 4.90 Å². The quantitative estimate of drug-likeness (QED) is 0.495. The highest BCUT2D eigenvalue weighted by Crippen LogP contribution is 2.36. The first-order chi connectivity index (χ1) is 11.0. The third-order valence-electron chi connectivity index (χ3n) is 4.30. The number of nitrogens with zero attached hydrogens (tertiary/aromatic N) is 1. The average Bonchev–Trinajstić information content (AvgIpc) is 2.54. The van der Waals surface area contributed by atoms with Crippen molar-refractivity contribution in [3.05, 3.63) is 42.0 Å². The molecule has 0 aromatic heterocycles. The van der Waals surface area contributed by atoms with E-state index in [1.165, 1.54) is 7.11 Å². The summed E-state index contributed by atoms with van der Waals surface area (Å²) in [7, 11) is 1.32. The van der Waals surface area contributed by atoms with Crippen LogP contribution in [-0.4, -0.2) is 42.1 Å². The number of hydrogen-bond donors (Lipinski definition) is 1. The Kier molecular flexibility index (Phi) is 5.66. The predicted octanol–water partition coefficient (Wildman–Crippen LogP) is 3.26. The van der Waals surface area contributed by atoms with Crippen molar-refractivity contribution in [1.29, 1.82) is 0 Å². The number of hydrogen-bond acceptors (Lipinski definition) is 5. The third kappa shape index (κ3) is 3.85. The molecule has 1 aromatic carbocycles. The van der Waals surface area contributed by atoms with Gasteiger partial charge in [-0.2, -0.15) is 0 Å². The molecule has 0 aliphatic heterocycles. The van der Waals surface area contributed by atoms with Gasteiger partial charge < -0.3 is 14.6 Å². The van der Waals surface area contributed by atoms with Gasteiger partial charge in [-0.25, -0.2) is 4.79 Å². The summed E-state index contributed by atoms with van der Waals surface area (Å²) in [5.41, 5.74) is 1.45. The molecule has 1 aliphatic rings. The fraction of sp³-hybridized carbons (Fsp3) is 0.500. The van der Waals surface area contributed by atoms with Crippen molar-refractivity contribution in [2.75, 3.05) is 20.2 Å². The van der Waals surface area contributed by atoms with E-state index in [2.05, 4.69) is 18.4 Å². The summed E-state index contributed by atoms with van der Waals surface area (Å²) in [4.78, 5) is 14.0. The fourth-order valence-corrected chi connectivity index (χ4v) is 3.24. The zero-order valence-corrected chi connectivity index (χ0v) is 13.9. The van der Waals surface area contributed by atoms with Crippen LogP contribution in [0.2, 0.25) is 0 Å². The highest BCUT2D eigenvalue weighted by atomic mass is 16.7. The summed E-state index contributed by atoms with van der Waals surface area (Å²) >= 11 is 0. The number of carbonyl (C=O) groups excluding carboxylic acids is 1. The molecule has 0 fully saturated rings. The van der Waals surface area contributed by atoms with Crippen molar-refractivity contribution < 1.29 is 19.4 Å². The van der Waals surface area contributed by atoms with Crippen molar-refractivity contribution in [3.8, 4) is 5.75 Å². The number of benzene rings is 1. The molecule has 0 spiro atoms. The lowest BCUT2D eigenvalue weighted by Crippen LogP contribution is -2.55. The molecule has 0 saturated heterocycles. The maximum absolute atomic E-state index is 11.8. The summed E-state index contributed by atoms with van der Waals surface area (Å²) in [6.07, 6.45) is 4.07. The number of ether oxygens (including phenoxy) is 2. The second kappa shape index (κ2) is 7.51. The molecule has 0 heterocycles. The Morgan fingerprint density at radius 3 is 2.91 bits per heavy atom. The normalized spacial score (nSPS) is 20.0. The smallest absolute Gasteiger partial charge is 0.508 e. The summed E-state index contributed by atoms with van der Waals surface area (Å²) in [5.74, 6) is 0.265. The zero-order chi connectivity index (χ0) is 16.9. The lowest BCUT2D eigenvalue weighted by molar-refractivity contribution is -0.134. The lowest BCUT2D eigenvalue weighted by atomic mass is 9.84. The van der Waals surface area contributed by atoms with Gasteiger partial charge in [-0.05, 0) is 36.1 Å². The molecule has 1 atom stereocenters. The van der Waals surface area contributed by atoms with Gasteiger partial charge in [0, 0.05) is 25.9 Å². The molecule has 23 heavy (non-hydrogen) atoms. The highest BCUT2D eigenvalue weighted by Gasteiger charge is 2.43. The number of fused-ring (bicyclic) bond motifs is 1. The Morgan fingerprint density at radius 1 is 1.48 bits per heavy atom. The first kappa shape index (κ1) is 17.3. The van der Waals surface area contributed by atoms with E-state index in [1.807, 2.05) is 12.1 Å². The van der Waals surface area contributed by atoms with Gasteiger partial charge in [0.25, 0.3) is 0 Å². The molecule has 1 N–H and O–H groups in total. The molecular formula is C18H25NO4. The molecule has 5 nitrogen and oxygen atoms in total. The van der Waals surface area contributed by atoms with Gasteiger partial charge >= 0.3 is 6.16 Å². The molecule has 0 amide bonds. The van der Waals surface area contributed by atoms with Crippen molar-refractivity contribution in [2.45, 2.75) is 38.3 Å². The molecule has 0 saturated carbocycles. The number of carbonyl (C=O) groups is 1. The highest BCUT2D eigenvalue weighted by molar-refractivity contribution is 5.60. The van der Waals surface area contributed by atoms with Crippen LogP contribution in [-0.2, 0) is 22.3 Å². The maximum atomic E-state index is 11.8. The molecular weight excluding hydrogens is 294 g/mol. The first-order valence-electron chi connectivity index (χ1n) is 7.98. The van der Waals surface area contributed by atoms with Gasteiger partial charge in [0.05, 0.1) is 7.11 Å². The van der Waals surface area contributed by atoms with E-state index in [9.17, 15) is 9.90 Å². The Hall–Kier alpha value is -2.01. The largest absolute Gasteiger partial charge is 0.509 e. The monoisotopic (exact) mass is 319 g/mol. The van der Waals surface area contributed by atoms with Crippen molar-refractivity contribution in [3.63, 3.8) is 0 Å². The van der Waals surface area contributed by atoms with Crippen LogP contribution in [0.3, 0.4) is 0 Å². The standard InChI is InChI=1S/C18H25NO4/c1-4-10-19(11-5-2)18(23-17(21)22-3)9-8-14-12-16(20)7-6-15(14)13-18/h4,6-7,12,20H,1,5,8-11,13H2,2-3H3.